The Labute approximate surface area is 128 Å². The molecule has 2 aromatic carbocycles. The zero-order valence-corrected chi connectivity index (χ0v) is 12.8. The number of aliphatic hydroxyl groups is 2. The number of hydrogen-bond acceptors (Lipinski definition) is 3. The lowest BCUT2D eigenvalue weighted by molar-refractivity contribution is -0.111. The number of nitrogens with one attached hydrogen (secondary N) is 1. The monoisotopic (exact) mass is 297 g/mol. The first-order valence-electron chi connectivity index (χ1n) is 7.49. The van der Waals surface area contributed by atoms with Gasteiger partial charge in [0.15, 0.2) is 0 Å². The van der Waals surface area contributed by atoms with Gasteiger partial charge >= 0.3 is 0 Å². The Morgan fingerprint density at radius 1 is 1.14 bits per heavy atom. The van der Waals surface area contributed by atoms with Crippen LogP contribution in [0.2, 0.25) is 0 Å². The summed E-state index contributed by atoms with van der Waals surface area (Å²) >= 11 is 0. The van der Waals surface area contributed by atoms with Crippen LogP contribution in [-0.2, 0) is 0 Å². The number of aliphatic hydroxyl groups excluding tert-OH is 2. The van der Waals surface area contributed by atoms with E-state index in [1.54, 1.807) is 13.8 Å². The van der Waals surface area contributed by atoms with E-state index in [0.29, 0.717) is 11.3 Å². The van der Waals surface area contributed by atoms with Gasteiger partial charge in [0.2, 0.25) is 0 Å². The van der Waals surface area contributed by atoms with Crippen molar-refractivity contribution in [2.45, 2.75) is 38.6 Å². The molecule has 0 bridgehead atoms. The molecule has 0 aliphatic carbocycles. The maximum Gasteiger partial charge on any atom is 0.132 e. The van der Waals surface area contributed by atoms with Crippen molar-refractivity contribution in [1.82, 2.24) is 4.98 Å². The van der Waals surface area contributed by atoms with Crippen LogP contribution >= 0.6 is 0 Å². The first-order valence-corrected chi connectivity index (χ1v) is 7.49. The molecule has 4 rings (SSSR count). The van der Waals surface area contributed by atoms with E-state index >= 15 is 0 Å². The summed E-state index contributed by atoms with van der Waals surface area (Å²) in [5.41, 5.74) is 2.64. The highest BCUT2D eigenvalue weighted by atomic mass is 16.5. The number of aryl methyl sites for hydroxylation is 1. The summed E-state index contributed by atoms with van der Waals surface area (Å²) in [7, 11) is 0. The molecule has 0 amide bonds. The quantitative estimate of drug-likeness (QED) is 0.597. The van der Waals surface area contributed by atoms with E-state index in [-0.39, 0.29) is 0 Å². The van der Waals surface area contributed by atoms with Crippen molar-refractivity contribution in [2.24, 2.45) is 0 Å². The van der Waals surface area contributed by atoms with E-state index in [2.05, 4.69) is 17.1 Å². The highest BCUT2D eigenvalue weighted by molar-refractivity contribution is 6.09. The first-order chi connectivity index (χ1) is 10.4. The third kappa shape index (κ3) is 1.65. The van der Waals surface area contributed by atoms with Gasteiger partial charge in [-0.1, -0.05) is 18.2 Å². The average molecular weight is 297 g/mol. The summed E-state index contributed by atoms with van der Waals surface area (Å²) in [6.07, 6.45) is -1.95. The molecule has 4 heteroatoms. The number of benzene rings is 2. The minimum absolute atomic E-state index is 0.651. The molecular weight excluding hydrogens is 278 g/mol. The summed E-state index contributed by atoms with van der Waals surface area (Å²) < 4.78 is 6.01. The van der Waals surface area contributed by atoms with Crippen LogP contribution in [0.5, 0.6) is 5.75 Å². The van der Waals surface area contributed by atoms with Crippen LogP contribution in [0, 0.1) is 6.92 Å². The smallest absolute Gasteiger partial charge is 0.132 e. The van der Waals surface area contributed by atoms with Crippen molar-refractivity contribution in [1.29, 1.82) is 0 Å². The zero-order valence-electron chi connectivity index (χ0n) is 12.8. The average Bonchev–Trinajstić information content (AvgIpc) is 2.83. The second-order valence-electron chi connectivity index (χ2n) is 6.62. The third-order valence-electron chi connectivity index (χ3n) is 4.65. The van der Waals surface area contributed by atoms with Crippen molar-refractivity contribution in [3.05, 3.63) is 41.5 Å². The van der Waals surface area contributed by atoms with Gasteiger partial charge in [0.25, 0.3) is 0 Å². The maximum atomic E-state index is 10.7. The SMILES string of the molecule is Cc1cc2c([nH]c3ccccc32)c2c1OC(C)(C)[C@H](O)[C@H]2O. The molecule has 2 atom stereocenters. The minimum atomic E-state index is -0.978. The molecule has 0 radical (unpaired) electrons. The fraction of sp³-hybridized carbons (Fsp3) is 0.333. The summed E-state index contributed by atoms with van der Waals surface area (Å²) in [6, 6.07) is 10.1. The fourth-order valence-electron chi connectivity index (χ4n) is 3.41. The van der Waals surface area contributed by atoms with Crippen LogP contribution in [-0.4, -0.2) is 26.9 Å². The highest BCUT2D eigenvalue weighted by Gasteiger charge is 2.44. The summed E-state index contributed by atoms with van der Waals surface area (Å²) in [5, 5.41) is 23.2. The van der Waals surface area contributed by atoms with Crippen molar-refractivity contribution < 1.29 is 14.9 Å². The molecule has 3 N–H and O–H groups in total. The Morgan fingerprint density at radius 2 is 1.86 bits per heavy atom. The van der Waals surface area contributed by atoms with Crippen LogP contribution in [0.25, 0.3) is 21.8 Å². The lowest BCUT2D eigenvalue weighted by atomic mass is 9.86. The predicted octanol–water partition coefficient (Wildman–Crippen LogP) is 3.19. The Bertz CT molecular complexity index is 894. The molecule has 0 saturated heterocycles. The van der Waals surface area contributed by atoms with E-state index in [1.165, 1.54) is 0 Å². The van der Waals surface area contributed by atoms with E-state index < -0.39 is 17.8 Å². The van der Waals surface area contributed by atoms with Gasteiger partial charge in [-0.05, 0) is 38.5 Å². The van der Waals surface area contributed by atoms with E-state index in [0.717, 1.165) is 27.4 Å². The van der Waals surface area contributed by atoms with Crippen LogP contribution in [0.4, 0.5) is 0 Å². The topological polar surface area (TPSA) is 65.5 Å². The van der Waals surface area contributed by atoms with Crippen LogP contribution in [0.1, 0.15) is 31.1 Å². The third-order valence-corrected chi connectivity index (χ3v) is 4.65. The molecule has 1 aromatic heterocycles. The van der Waals surface area contributed by atoms with Crippen molar-refractivity contribution in [3.8, 4) is 5.75 Å². The molecule has 22 heavy (non-hydrogen) atoms. The summed E-state index contributed by atoms with van der Waals surface area (Å²) in [6.45, 7) is 5.55. The molecule has 114 valence electrons. The van der Waals surface area contributed by atoms with Gasteiger partial charge < -0.3 is 19.9 Å². The Morgan fingerprint density at radius 3 is 2.64 bits per heavy atom. The Balaban J connectivity index is 2.12. The van der Waals surface area contributed by atoms with Crippen molar-refractivity contribution >= 4 is 21.8 Å². The maximum absolute atomic E-state index is 10.7. The molecule has 3 aromatic rings. The number of H-pyrrole nitrogens is 1. The largest absolute Gasteiger partial charge is 0.484 e. The molecule has 0 spiro atoms. The van der Waals surface area contributed by atoms with E-state index in [9.17, 15) is 10.2 Å². The normalized spacial score (nSPS) is 23.5. The lowest BCUT2D eigenvalue weighted by Gasteiger charge is -2.40. The van der Waals surface area contributed by atoms with Gasteiger partial charge in [-0.15, -0.1) is 0 Å². The summed E-state index contributed by atoms with van der Waals surface area (Å²) in [5.74, 6) is 0.668. The number of hydrogen-bond donors (Lipinski definition) is 3. The molecular formula is C18H19NO3. The van der Waals surface area contributed by atoms with Gasteiger partial charge in [-0.2, -0.15) is 0 Å². The van der Waals surface area contributed by atoms with Gasteiger partial charge in [0.1, 0.15) is 23.6 Å². The van der Waals surface area contributed by atoms with Gasteiger partial charge in [-0.25, -0.2) is 0 Å². The predicted molar refractivity (Wildman–Crippen MR) is 86.2 cm³/mol. The number of rotatable bonds is 0. The molecule has 0 fully saturated rings. The van der Waals surface area contributed by atoms with Crippen LogP contribution in [0.3, 0.4) is 0 Å². The second-order valence-corrected chi connectivity index (χ2v) is 6.62. The molecule has 1 aliphatic rings. The number of para-hydroxylation sites is 1. The van der Waals surface area contributed by atoms with Crippen LogP contribution < -0.4 is 4.74 Å². The van der Waals surface area contributed by atoms with E-state index in [1.807, 2.05) is 25.1 Å². The van der Waals surface area contributed by atoms with E-state index in [4.69, 9.17) is 4.74 Å². The standard InChI is InChI=1S/C18H19NO3/c1-9-8-11-10-6-4-5-7-12(10)19-14(11)13-15(20)17(21)18(2,3)22-16(9)13/h4-8,15,17,19-21H,1-3H3/t15-,17+/m0/s1. The molecule has 2 heterocycles. The molecule has 0 saturated carbocycles. The molecule has 4 nitrogen and oxygen atoms in total. The first kappa shape index (κ1) is 13.6. The van der Waals surface area contributed by atoms with Crippen LogP contribution in [0.15, 0.2) is 30.3 Å². The van der Waals surface area contributed by atoms with Crippen molar-refractivity contribution in [2.75, 3.05) is 0 Å². The lowest BCUT2D eigenvalue weighted by Crippen LogP contribution is -2.49. The highest BCUT2D eigenvalue weighted by Crippen LogP contribution is 2.46. The molecule has 0 unspecified atom stereocenters. The zero-order chi connectivity index (χ0) is 15.6. The minimum Gasteiger partial charge on any atom is -0.484 e. The Kier molecular flexibility index (Phi) is 2.63. The number of aromatic nitrogens is 1. The second kappa shape index (κ2) is 4.24. The molecule has 1 aliphatic heterocycles. The fourth-order valence-corrected chi connectivity index (χ4v) is 3.41. The number of fused-ring (bicyclic) bond motifs is 5. The van der Waals surface area contributed by atoms with Gasteiger partial charge in [0.05, 0.1) is 5.52 Å². The number of aromatic amines is 1. The van der Waals surface area contributed by atoms with Crippen molar-refractivity contribution in [3.63, 3.8) is 0 Å². The number of ether oxygens (including phenoxy) is 1. The summed E-state index contributed by atoms with van der Waals surface area (Å²) in [4.78, 5) is 3.36. The van der Waals surface area contributed by atoms with Gasteiger partial charge in [0, 0.05) is 21.9 Å². The van der Waals surface area contributed by atoms with Gasteiger partial charge in [-0.3, -0.25) is 0 Å². The Hall–Kier alpha value is -2.04.